The average Bonchev–Trinajstić information content (AvgIpc) is 3.05. The van der Waals surface area contributed by atoms with E-state index in [0.29, 0.717) is 13.1 Å². The van der Waals surface area contributed by atoms with E-state index in [1.165, 1.54) is 4.88 Å². The number of carbonyl (C=O) groups excluding carboxylic acids is 1. The van der Waals surface area contributed by atoms with Gasteiger partial charge in [0.15, 0.2) is 0 Å². The maximum atomic E-state index is 12.1. The number of rotatable bonds is 6. The van der Waals surface area contributed by atoms with Crippen molar-refractivity contribution in [2.75, 3.05) is 25.5 Å². The third kappa shape index (κ3) is 4.21. The molecule has 0 saturated heterocycles. The molecule has 22 heavy (non-hydrogen) atoms. The third-order valence-electron chi connectivity index (χ3n) is 3.59. The maximum absolute atomic E-state index is 12.1. The molecule has 2 heterocycles. The summed E-state index contributed by atoms with van der Waals surface area (Å²) in [5, 5.41) is 8.25. The van der Waals surface area contributed by atoms with Crippen LogP contribution >= 0.6 is 11.3 Å². The number of aryl methyl sites for hydroxylation is 1. The molecular weight excluding hydrogens is 296 g/mol. The third-order valence-corrected chi connectivity index (χ3v) is 4.64. The van der Waals surface area contributed by atoms with Crippen molar-refractivity contribution in [1.82, 2.24) is 15.2 Å². The van der Waals surface area contributed by atoms with E-state index < -0.39 is 0 Å². The Morgan fingerprint density at radius 2 is 2.23 bits per heavy atom. The summed E-state index contributed by atoms with van der Waals surface area (Å²) in [6.45, 7) is 5.29. The molecule has 1 unspecified atom stereocenters. The van der Waals surface area contributed by atoms with E-state index in [4.69, 9.17) is 0 Å². The Balaban J connectivity index is 1.75. The summed E-state index contributed by atoms with van der Waals surface area (Å²) in [4.78, 5) is 19.1. The van der Waals surface area contributed by atoms with E-state index in [-0.39, 0.29) is 12.1 Å². The van der Waals surface area contributed by atoms with Gasteiger partial charge in [-0.1, -0.05) is 6.07 Å². The fourth-order valence-electron chi connectivity index (χ4n) is 2.06. The molecule has 1 atom stereocenters. The quantitative estimate of drug-likeness (QED) is 0.804. The minimum atomic E-state index is -0.0610. The van der Waals surface area contributed by atoms with Gasteiger partial charge in [-0.3, -0.25) is 4.98 Å². The molecule has 5 nitrogen and oxygen atoms in total. The Bertz CT molecular complexity index is 600. The standard InChI is InChI=1S/C16H22N4OS/c1-12-11-17-7-6-14(12)18-8-9-19-16(21)20(3)13(2)15-5-4-10-22-15/h4-7,10-11,13H,8-9H2,1-3H3,(H,17,18)(H,19,21). The van der Waals surface area contributed by atoms with Gasteiger partial charge >= 0.3 is 6.03 Å². The van der Waals surface area contributed by atoms with E-state index in [9.17, 15) is 4.79 Å². The smallest absolute Gasteiger partial charge is 0.317 e. The molecule has 0 bridgehead atoms. The van der Waals surface area contributed by atoms with Crippen molar-refractivity contribution in [2.24, 2.45) is 0 Å². The normalized spacial score (nSPS) is 11.8. The van der Waals surface area contributed by atoms with Crippen LogP contribution in [-0.2, 0) is 0 Å². The van der Waals surface area contributed by atoms with Gasteiger partial charge in [0, 0.05) is 43.1 Å². The number of thiophene rings is 1. The number of carbonyl (C=O) groups is 1. The van der Waals surface area contributed by atoms with E-state index in [1.807, 2.05) is 50.7 Å². The molecule has 0 aliphatic carbocycles. The summed E-state index contributed by atoms with van der Waals surface area (Å²) >= 11 is 1.66. The second-order valence-corrected chi connectivity index (χ2v) is 6.13. The molecule has 0 aliphatic heterocycles. The van der Waals surface area contributed by atoms with Crippen LogP contribution in [0.4, 0.5) is 10.5 Å². The second kappa shape index (κ2) is 7.79. The van der Waals surface area contributed by atoms with Crippen molar-refractivity contribution in [3.05, 3.63) is 46.4 Å². The fourth-order valence-corrected chi connectivity index (χ4v) is 2.89. The Morgan fingerprint density at radius 3 is 2.91 bits per heavy atom. The number of pyridine rings is 1. The maximum Gasteiger partial charge on any atom is 0.317 e. The molecule has 2 N–H and O–H groups in total. The zero-order valence-corrected chi connectivity index (χ0v) is 14.0. The van der Waals surface area contributed by atoms with E-state index in [1.54, 1.807) is 22.4 Å². The number of nitrogens with one attached hydrogen (secondary N) is 2. The lowest BCUT2D eigenvalue weighted by Gasteiger charge is -2.24. The highest BCUT2D eigenvalue weighted by Crippen LogP contribution is 2.23. The first-order valence-corrected chi connectivity index (χ1v) is 8.16. The van der Waals surface area contributed by atoms with Gasteiger partial charge in [-0.15, -0.1) is 11.3 Å². The van der Waals surface area contributed by atoms with Gasteiger partial charge < -0.3 is 15.5 Å². The number of urea groups is 1. The van der Waals surface area contributed by atoms with Crippen molar-refractivity contribution in [3.63, 3.8) is 0 Å². The number of amides is 2. The van der Waals surface area contributed by atoms with E-state index >= 15 is 0 Å². The van der Waals surface area contributed by atoms with Crippen molar-refractivity contribution < 1.29 is 4.79 Å². The van der Waals surface area contributed by atoms with Crippen LogP contribution in [0, 0.1) is 6.92 Å². The lowest BCUT2D eigenvalue weighted by atomic mass is 10.2. The Hall–Kier alpha value is -2.08. The lowest BCUT2D eigenvalue weighted by Crippen LogP contribution is -2.40. The molecule has 6 heteroatoms. The fraction of sp³-hybridized carbons (Fsp3) is 0.375. The highest BCUT2D eigenvalue weighted by atomic mass is 32.1. The molecular formula is C16H22N4OS. The van der Waals surface area contributed by atoms with Crippen LogP contribution in [0.25, 0.3) is 0 Å². The van der Waals surface area contributed by atoms with Gasteiger partial charge in [0.25, 0.3) is 0 Å². The Morgan fingerprint density at radius 1 is 1.41 bits per heavy atom. The van der Waals surface area contributed by atoms with Crippen LogP contribution in [-0.4, -0.2) is 36.1 Å². The summed E-state index contributed by atoms with van der Waals surface area (Å²) in [5.74, 6) is 0. The van der Waals surface area contributed by atoms with Crippen LogP contribution in [0.2, 0.25) is 0 Å². The van der Waals surface area contributed by atoms with Crippen molar-refractivity contribution >= 4 is 23.1 Å². The number of hydrogen-bond donors (Lipinski definition) is 2. The molecule has 2 aromatic heterocycles. The highest BCUT2D eigenvalue weighted by molar-refractivity contribution is 7.10. The lowest BCUT2D eigenvalue weighted by molar-refractivity contribution is 0.195. The van der Waals surface area contributed by atoms with Gasteiger partial charge in [-0.05, 0) is 36.9 Å². The van der Waals surface area contributed by atoms with Gasteiger partial charge in [-0.25, -0.2) is 4.79 Å². The van der Waals surface area contributed by atoms with Crippen LogP contribution in [0.5, 0.6) is 0 Å². The SMILES string of the molecule is Cc1cnccc1NCCNC(=O)N(C)C(C)c1cccs1. The monoisotopic (exact) mass is 318 g/mol. The molecule has 0 aromatic carbocycles. The predicted molar refractivity (Wildman–Crippen MR) is 91.4 cm³/mol. The zero-order chi connectivity index (χ0) is 15.9. The van der Waals surface area contributed by atoms with Crippen LogP contribution < -0.4 is 10.6 Å². The largest absolute Gasteiger partial charge is 0.383 e. The van der Waals surface area contributed by atoms with Gasteiger partial charge in [0.2, 0.25) is 0 Å². The summed E-state index contributed by atoms with van der Waals surface area (Å²) in [5.41, 5.74) is 2.14. The molecule has 118 valence electrons. The number of hydrogen-bond acceptors (Lipinski definition) is 4. The minimum Gasteiger partial charge on any atom is -0.383 e. The number of nitrogens with zero attached hydrogens (tertiary/aromatic N) is 2. The molecule has 2 aromatic rings. The molecule has 0 aliphatic rings. The Kier molecular flexibility index (Phi) is 5.77. The highest BCUT2D eigenvalue weighted by Gasteiger charge is 2.17. The predicted octanol–water partition coefficient (Wildman–Crippen LogP) is 3.27. The number of anilines is 1. The molecule has 0 saturated carbocycles. The first kappa shape index (κ1) is 16.3. The van der Waals surface area contributed by atoms with Crippen LogP contribution in [0.1, 0.15) is 23.4 Å². The average molecular weight is 318 g/mol. The van der Waals surface area contributed by atoms with Crippen molar-refractivity contribution in [1.29, 1.82) is 0 Å². The zero-order valence-electron chi connectivity index (χ0n) is 13.2. The van der Waals surface area contributed by atoms with Gasteiger partial charge in [-0.2, -0.15) is 0 Å². The van der Waals surface area contributed by atoms with Crippen LogP contribution in [0.3, 0.4) is 0 Å². The van der Waals surface area contributed by atoms with E-state index in [2.05, 4.69) is 15.6 Å². The molecule has 2 rings (SSSR count). The molecule has 2 amide bonds. The first-order valence-electron chi connectivity index (χ1n) is 7.28. The van der Waals surface area contributed by atoms with Gasteiger partial charge in [0.1, 0.15) is 0 Å². The number of aromatic nitrogens is 1. The summed E-state index contributed by atoms with van der Waals surface area (Å²) in [6.07, 6.45) is 3.57. The van der Waals surface area contributed by atoms with Crippen molar-refractivity contribution in [3.8, 4) is 0 Å². The topological polar surface area (TPSA) is 57.3 Å². The minimum absolute atomic E-state index is 0.0610. The molecule has 0 radical (unpaired) electrons. The summed E-state index contributed by atoms with van der Waals surface area (Å²) < 4.78 is 0. The summed E-state index contributed by atoms with van der Waals surface area (Å²) in [6, 6.07) is 6.00. The van der Waals surface area contributed by atoms with Gasteiger partial charge in [0.05, 0.1) is 6.04 Å². The molecule has 0 spiro atoms. The van der Waals surface area contributed by atoms with Crippen LogP contribution in [0.15, 0.2) is 36.0 Å². The summed E-state index contributed by atoms with van der Waals surface area (Å²) in [7, 11) is 1.82. The Labute approximate surface area is 135 Å². The molecule has 0 fully saturated rings. The van der Waals surface area contributed by atoms with Crippen molar-refractivity contribution in [2.45, 2.75) is 19.9 Å². The first-order chi connectivity index (χ1) is 10.6. The second-order valence-electron chi connectivity index (χ2n) is 5.15. The van der Waals surface area contributed by atoms with E-state index in [0.717, 1.165) is 11.3 Å².